The van der Waals surface area contributed by atoms with Crippen molar-refractivity contribution >= 4 is 5.97 Å². The van der Waals surface area contributed by atoms with Crippen LogP contribution in [0.3, 0.4) is 0 Å². The number of methoxy groups -OCH3 is 1. The smallest absolute Gasteiger partial charge is 0.337 e. The highest BCUT2D eigenvalue weighted by atomic mass is 16.7. The fraction of sp³-hybridized carbons (Fsp3) is 0.889. The molecule has 0 amide bonds. The van der Waals surface area contributed by atoms with Gasteiger partial charge in [-0.15, -0.1) is 0 Å². The summed E-state index contributed by atoms with van der Waals surface area (Å²) in [4.78, 5) is 11.4. The molecule has 1 heterocycles. The van der Waals surface area contributed by atoms with Gasteiger partial charge in [0.1, 0.15) is 18.3 Å². The van der Waals surface area contributed by atoms with Gasteiger partial charge < -0.3 is 29.5 Å². The molecule has 1 rings (SSSR count). The predicted molar refractivity (Wildman–Crippen MR) is 50.3 cm³/mol. The third-order valence-electron chi connectivity index (χ3n) is 2.18. The number of rotatable bonds is 3. The second kappa shape index (κ2) is 5.55. The molecule has 0 saturated carbocycles. The lowest BCUT2D eigenvalue weighted by atomic mass is 9.99. The van der Waals surface area contributed by atoms with Crippen molar-refractivity contribution in [2.24, 2.45) is 0 Å². The van der Waals surface area contributed by atoms with Crippen LogP contribution in [-0.4, -0.2) is 65.7 Å². The fourth-order valence-electron chi connectivity index (χ4n) is 1.31. The zero-order valence-electron chi connectivity index (χ0n) is 13.4. The number of hydrogen-bond donors (Lipinski definition) is 3. The zero-order valence-corrected chi connectivity index (χ0v) is 8.36. The monoisotopic (exact) mass is 241 g/mol. The number of aliphatic hydroxyl groups excluding tert-OH is 3. The standard InChI is InChI=1S/C9H16O7/c1-3-15-9-6(12)4(10)5(11)7(16-9)8(13)14-2/h4-7,9-12H,3H2,1-2H3/t4-,5-,6+,7-,9+/m0/s1/i1D3,3D2. The quantitative estimate of drug-likeness (QED) is 0.491. The van der Waals surface area contributed by atoms with Gasteiger partial charge in [-0.1, -0.05) is 0 Å². The van der Waals surface area contributed by atoms with Crippen molar-refractivity contribution in [3.05, 3.63) is 0 Å². The fourth-order valence-corrected chi connectivity index (χ4v) is 1.31. The van der Waals surface area contributed by atoms with Gasteiger partial charge in [0.2, 0.25) is 0 Å². The van der Waals surface area contributed by atoms with E-state index in [0.29, 0.717) is 0 Å². The summed E-state index contributed by atoms with van der Waals surface area (Å²) in [7, 11) is 0.980. The van der Waals surface area contributed by atoms with Crippen molar-refractivity contribution in [2.75, 3.05) is 13.7 Å². The molecular weight excluding hydrogens is 220 g/mol. The van der Waals surface area contributed by atoms with Crippen LogP contribution in [0.25, 0.3) is 0 Å². The lowest BCUT2D eigenvalue weighted by Crippen LogP contribution is -2.60. The van der Waals surface area contributed by atoms with Gasteiger partial charge in [-0.3, -0.25) is 0 Å². The molecule has 1 aliphatic heterocycles. The molecule has 1 saturated heterocycles. The van der Waals surface area contributed by atoms with Crippen LogP contribution in [0.5, 0.6) is 0 Å². The van der Waals surface area contributed by atoms with Gasteiger partial charge in [0.25, 0.3) is 0 Å². The van der Waals surface area contributed by atoms with Crippen LogP contribution in [0.15, 0.2) is 0 Å². The van der Waals surface area contributed by atoms with Gasteiger partial charge >= 0.3 is 5.97 Å². The first-order valence-electron chi connectivity index (χ1n) is 6.87. The van der Waals surface area contributed by atoms with Gasteiger partial charge in [0.05, 0.1) is 9.85 Å². The highest BCUT2D eigenvalue weighted by Crippen LogP contribution is 2.22. The molecule has 0 aromatic heterocycles. The number of carbonyl (C=O) groups excluding carboxylic acids is 1. The first-order valence-corrected chi connectivity index (χ1v) is 4.37. The number of esters is 1. The van der Waals surface area contributed by atoms with Crippen LogP contribution in [0, 0.1) is 0 Å². The summed E-state index contributed by atoms with van der Waals surface area (Å²) < 4.78 is 49.1. The molecule has 0 aromatic rings. The minimum Gasteiger partial charge on any atom is -0.467 e. The van der Waals surface area contributed by atoms with Crippen molar-refractivity contribution in [1.29, 1.82) is 0 Å². The maximum atomic E-state index is 11.4. The lowest BCUT2D eigenvalue weighted by Gasteiger charge is -2.38. The van der Waals surface area contributed by atoms with E-state index in [-0.39, 0.29) is 0 Å². The van der Waals surface area contributed by atoms with Crippen LogP contribution >= 0.6 is 0 Å². The summed E-state index contributed by atoms with van der Waals surface area (Å²) in [6, 6.07) is 0. The van der Waals surface area contributed by atoms with Crippen LogP contribution in [0.4, 0.5) is 0 Å². The second-order valence-corrected chi connectivity index (χ2v) is 3.14. The topological polar surface area (TPSA) is 105 Å². The van der Waals surface area contributed by atoms with Crippen molar-refractivity contribution < 1.29 is 41.2 Å². The Kier molecular flexibility index (Phi) is 2.63. The van der Waals surface area contributed by atoms with Gasteiger partial charge in [-0.25, -0.2) is 4.79 Å². The average molecular weight is 241 g/mol. The summed E-state index contributed by atoms with van der Waals surface area (Å²) in [5.74, 6) is -1.10. The Morgan fingerprint density at radius 2 is 2.12 bits per heavy atom. The molecule has 94 valence electrons. The van der Waals surface area contributed by atoms with Crippen LogP contribution < -0.4 is 0 Å². The van der Waals surface area contributed by atoms with Crippen LogP contribution in [-0.2, 0) is 19.0 Å². The van der Waals surface area contributed by atoms with Gasteiger partial charge in [-0.2, -0.15) is 0 Å². The van der Waals surface area contributed by atoms with E-state index in [4.69, 9.17) is 11.6 Å². The van der Waals surface area contributed by atoms with E-state index in [0.717, 1.165) is 7.11 Å². The lowest BCUT2D eigenvalue weighted by molar-refractivity contribution is -0.293. The maximum absolute atomic E-state index is 11.4. The van der Waals surface area contributed by atoms with Crippen molar-refractivity contribution in [3.63, 3.8) is 0 Å². The van der Waals surface area contributed by atoms with E-state index in [2.05, 4.69) is 9.47 Å². The molecule has 1 aliphatic rings. The van der Waals surface area contributed by atoms with E-state index in [9.17, 15) is 20.1 Å². The molecule has 3 N–H and O–H groups in total. The number of ether oxygens (including phenoxy) is 3. The SMILES string of the molecule is [2H]C([2H])([2H])C([2H])([2H])O[C@@H]1O[C@H](C(=O)OC)[C@@H](O)[C@H](O)[C@H]1O. The first-order chi connectivity index (χ1) is 9.42. The summed E-state index contributed by atoms with van der Waals surface area (Å²) in [6.45, 7) is -6.40. The van der Waals surface area contributed by atoms with Crippen molar-refractivity contribution in [2.45, 2.75) is 37.6 Å². The number of carbonyl (C=O) groups is 1. The molecule has 7 heteroatoms. The Hall–Kier alpha value is -0.730. The summed E-state index contributed by atoms with van der Waals surface area (Å²) in [5.41, 5.74) is 0. The predicted octanol–water partition coefficient (Wildman–Crippen LogP) is -2.00. The largest absolute Gasteiger partial charge is 0.467 e. The molecule has 1 fully saturated rings. The molecule has 0 unspecified atom stereocenters. The van der Waals surface area contributed by atoms with E-state index in [1.165, 1.54) is 0 Å². The van der Waals surface area contributed by atoms with Gasteiger partial charge in [0.15, 0.2) is 12.4 Å². The van der Waals surface area contributed by atoms with Crippen LogP contribution in [0.1, 0.15) is 13.7 Å². The molecular formula is C9H16O7. The molecule has 0 aliphatic carbocycles. The molecule has 5 atom stereocenters. The minimum absolute atomic E-state index is 0.980. The van der Waals surface area contributed by atoms with E-state index in [1.807, 2.05) is 0 Å². The third-order valence-corrected chi connectivity index (χ3v) is 2.18. The molecule has 16 heavy (non-hydrogen) atoms. The van der Waals surface area contributed by atoms with E-state index < -0.39 is 50.1 Å². The summed E-state index contributed by atoms with van der Waals surface area (Å²) in [5, 5.41) is 28.8. The second-order valence-electron chi connectivity index (χ2n) is 3.14. The Morgan fingerprint density at radius 3 is 2.69 bits per heavy atom. The highest BCUT2D eigenvalue weighted by molar-refractivity contribution is 5.75. The first kappa shape index (κ1) is 7.57. The molecule has 7 nitrogen and oxygen atoms in total. The van der Waals surface area contributed by atoms with Gasteiger partial charge in [-0.05, 0) is 6.85 Å². The number of hydrogen-bond acceptors (Lipinski definition) is 7. The van der Waals surface area contributed by atoms with Crippen molar-refractivity contribution in [3.8, 4) is 0 Å². The zero-order chi connectivity index (χ0) is 16.6. The van der Waals surface area contributed by atoms with Gasteiger partial charge in [0, 0.05) is 10.7 Å². The Morgan fingerprint density at radius 1 is 1.44 bits per heavy atom. The average Bonchev–Trinajstić information content (AvgIpc) is 2.37. The van der Waals surface area contributed by atoms with Crippen molar-refractivity contribution in [1.82, 2.24) is 0 Å². The van der Waals surface area contributed by atoms with E-state index in [1.54, 1.807) is 0 Å². The summed E-state index contributed by atoms with van der Waals surface area (Å²) in [6.07, 6.45) is -9.46. The Labute approximate surface area is 99.6 Å². The Bertz CT molecular complexity index is 387. The van der Waals surface area contributed by atoms with E-state index >= 15 is 0 Å². The Balaban J connectivity index is 2.94. The maximum Gasteiger partial charge on any atom is 0.337 e. The minimum atomic E-state index is -3.21. The molecule has 0 spiro atoms. The van der Waals surface area contributed by atoms with Crippen LogP contribution in [0.2, 0.25) is 0 Å². The summed E-state index contributed by atoms with van der Waals surface area (Å²) >= 11 is 0. The molecule has 0 bridgehead atoms. The third kappa shape index (κ3) is 2.50. The number of aliphatic hydroxyl groups is 3. The normalized spacial score (nSPS) is 45.8. The molecule has 0 aromatic carbocycles. The highest BCUT2D eigenvalue weighted by Gasteiger charge is 2.47. The molecule has 0 radical (unpaired) electrons.